The van der Waals surface area contributed by atoms with Gasteiger partial charge in [0.1, 0.15) is 0 Å². The molecule has 1 aliphatic rings. The summed E-state index contributed by atoms with van der Waals surface area (Å²) in [6.07, 6.45) is 3.30. The molecule has 1 rings (SSSR count). The van der Waals surface area contributed by atoms with Gasteiger partial charge in [-0.2, -0.15) is 12.4 Å². The third-order valence-corrected chi connectivity index (χ3v) is 3.17. The van der Waals surface area contributed by atoms with Gasteiger partial charge in [0.25, 0.3) is 0 Å². The van der Waals surface area contributed by atoms with Gasteiger partial charge in [0.2, 0.25) is 0 Å². The molecule has 1 aliphatic heterocycles. The molecule has 0 bridgehead atoms. The molecule has 18 heavy (non-hydrogen) atoms. The molecule has 1 saturated heterocycles. The van der Waals surface area contributed by atoms with Crippen LogP contribution < -0.4 is 0 Å². The van der Waals surface area contributed by atoms with Crippen LogP contribution in [0.15, 0.2) is 11.8 Å². The molecule has 1 fully saturated rings. The molecule has 0 saturated carbocycles. The van der Waals surface area contributed by atoms with E-state index in [9.17, 15) is 0 Å². The second-order valence-electron chi connectivity index (χ2n) is 4.58. The van der Waals surface area contributed by atoms with Gasteiger partial charge in [-0.3, -0.25) is 4.90 Å². The van der Waals surface area contributed by atoms with Crippen molar-refractivity contribution in [2.75, 3.05) is 46.9 Å². The number of hydrogen-bond acceptors (Lipinski definition) is 3. The van der Waals surface area contributed by atoms with E-state index in [1.165, 1.54) is 6.20 Å². The van der Waals surface area contributed by atoms with E-state index in [0.29, 0.717) is 18.2 Å². The number of nitrogens with zero attached hydrogens (tertiary/aromatic N) is 3. The fraction of sp³-hybridized carbons (Fsp3) is 0.750. The molecule has 0 aromatic rings. The molecule has 5 nitrogen and oxygen atoms in total. The minimum absolute atomic E-state index is 0. The Kier molecular flexibility index (Phi) is 10.1. The molecular formula is C12H22N4OY-2. The van der Waals surface area contributed by atoms with Crippen LogP contribution in [0.3, 0.4) is 0 Å². The number of nitrogens with one attached hydrogen (secondary N) is 1. The van der Waals surface area contributed by atoms with Gasteiger partial charge in [-0.1, -0.05) is 5.57 Å². The average molecular weight is 327 g/mol. The summed E-state index contributed by atoms with van der Waals surface area (Å²) in [4.78, 5) is 4.41. The first-order chi connectivity index (χ1) is 8.17. The Labute approximate surface area is 135 Å². The van der Waals surface area contributed by atoms with Crippen LogP contribution in [0.4, 0.5) is 0 Å². The molecule has 1 atom stereocenters. The largest absolute Gasteiger partial charge is 0.810 e. The quantitative estimate of drug-likeness (QED) is 0.661. The van der Waals surface area contributed by atoms with E-state index in [4.69, 9.17) is 15.9 Å². The van der Waals surface area contributed by atoms with Gasteiger partial charge < -0.3 is 20.8 Å². The van der Waals surface area contributed by atoms with Gasteiger partial charge in [0, 0.05) is 65.0 Å². The summed E-state index contributed by atoms with van der Waals surface area (Å²) in [5, 5.41) is 8.86. The molecule has 0 aromatic carbocycles. The second kappa shape index (κ2) is 10.0. The van der Waals surface area contributed by atoms with Crippen molar-refractivity contribution in [3.8, 4) is 0 Å². The molecule has 0 spiro atoms. The van der Waals surface area contributed by atoms with Crippen molar-refractivity contribution in [2.24, 2.45) is 0 Å². The van der Waals surface area contributed by atoms with Gasteiger partial charge in [-0.25, -0.2) is 0 Å². The second-order valence-corrected chi connectivity index (χ2v) is 4.58. The molecule has 6 heteroatoms. The Balaban J connectivity index is 0.00000289. The molecule has 1 unspecified atom stereocenters. The minimum atomic E-state index is 0. The molecule has 0 aliphatic carbocycles. The monoisotopic (exact) mass is 327 g/mol. The van der Waals surface area contributed by atoms with Crippen molar-refractivity contribution in [3.05, 3.63) is 22.9 Å². The Morgan fingerprint density at radius 3 is 2.67 bits per heavy atom. The summed E-state index contributed by atoms with van der Waals surface area (Å²) in [6.45, 7) is 4.20. The summed E-state index contributed by atoms with van der Waals surface area (Å²) in [6, 6.07) is 0.541. The third kappa shape index (κ3) is 6.39. The fourth-order valence-corrected chi connectivity index (χ4v) is 1.90. The zero-order valence-electron chi connectivity index (χ0n) is 11.3. The third-order valence-electron chi connectivity index (χ3n) is 3.17. The van der Waals surface area contributed by atoms with Crippen molar-refractivity contribution < 1.29 is 37.4 Å². The normalized spacial score (nSPS) is 20.2. The van der Waals surface area contributed by atoms with Crippen molar-refractivity contribution in [1.82, 2.24) is 9.80 Å². The molecule has 0 amide bonds. The maximum Gasteiger partial charge on any atom is 0.0622 e. The van der Waals surface area contributed by atoms with Crippen LogP contribution in [0.5, 0.6) is 0 Å². The molecule has 1 heterocycles. The van der Waals surface area contributed by atoms with E-state index in [1.54, 1.807) is 0 Å². The van der Waals surface area contributed by atoms with E-state index in [-0.39, 0.29) is 32.7 Å². The average Bonchev–Trinajstić information content (AvgIpc) is 2.86. The van der Waals surface area contributed by atoms with E-state index < -0.39 is 0 Å². The SMILES string of the molecule is CN(CCN(C)C1CCOC1)C/C(C=[N-])=C/[NH-].[Y]. The van der Waals surface area contributed by atoms with Crippen LogP contribution in [0, 0.1) is 0 Å². The summed E-state index contributed by atoms with van der Waals surface area (Å²) in [5.41, 5.74) is 7.72. The van der Waals surface area contributed by atoms with E-state index >= 15 is 0 Å². The summed E-state index contributed by atoms with van der Waals surface area (Å²) < 4.78 is 5.36. The van der Waals surface area contributed by atoms with Gasteiger partial charge in [-0.15, -0.1) is 0 Å². The topological polar surface area (TPSA) is 61.8 Å². The summed E-state index contributed by atoms with van der Waals surface area (Å²) >= 11 is 0. The standard InChI is InChI=1S/C12H22N4O.Y/c1-15(9-11(7-13)8-14)4-5-16(2)12-3-6-17-10-12;/h7-8,12-13H,3-6,9-10H2,1-2H3;/q-2;/b11-7+;. The number of likely N-dealkylation sites (N-methyl/N-ethyl adjacent to an activating group) is 2. The van der Waals surface area contributed by atoms with Crippen LogP contribution in [-0.4, -0.2) is 69.0 Å². The van der Waals surface area contributed by atoms with Crippen LogP contribution in [0.2, 0.25) is 0 Å². The predicted molar refractivity (Wildman–Crippen MR) is 71.2 cm³/mol. The smallest absolute Gasteiger partial charge is 0.0622 e. The number of ether oxygens (including phenoxy) is 1. The van der Waals surface area contributed by atoms with Crippen LogP contribution in [0.25, 0.3) is 11.1 Å². The van der Waals surface area contributed by atoms with Crippen molar-refractivity contribution in [2.45, 2.75) is 12.5 Å². The predicted octanol–water partition coefficient (Wildman–Crippen LogP) is 1.21. The minimum Gasteiger partial charge on any atom is -0.810 e. The Morgan fingerprint density at radius 2 is 2.17 bits per heavy atom. The first-order valence-corrected chi connectivity index (χ1v) is 5.97. The molecular weight excluding hydrogens is 305 g/mol. The maximum absolute atomic E-state index is 8.86. The van der Waals surface area contributed by atoms with E-state index in [0.717, 1.165) is 38.9 Å². The summed E-state index contributed by atoms with van der Waals surface area (Å²) in [5.74, 6) is 0. The maximum atomic E-state index is 8.86. The van der Waals surface area contributed by atoms with Crippen LogP contribution in [0.1, 0.15) is 6.42 Å². The first kappa shape index (κ1) is 18.2. The Morgan fingerprint density at radius 1 is 1.44 bits per heavy atom. The van der Waals surface area contributed by atoms with Crippen LogP contribution >= 0.6 is 0 Å². The zero-order valence-corrected chi connectivity index (χ0v) is 14.1. The first-order valence-electron chi connectivity index (χ1n) is 5.97. The Bertz CT molecular complexity index is 267. The molecule has 101 valence electrons. The fourth-order valence-electron chi connectivity index (χ4n) is 1.90. The number of rotatable bonds is 7. The van der Waals surface area contributed by atoms with E-state index in [2.05, 4.69) is 16.8 Å². The van der Waals surface area contributed by atoms with Crippen molar-refractivity contribution in [3.63, 3.8) is 0 Å². The summed E-state index contributed by atoms with van der Waals surface area (Å²) in [7, 11) is 4.11. The molecule has 1 radical (unpaired) electrons. The zero-order chi connectivity index (χ0) is 12.7. The molecule has 0 aromatic heterocycles. The van der Waals surface area contributed by atoms with Gasteiger partial charge in [-0.05, 0) is 20.5 Å². The van der Waals surface area contributed by atoms with Gasteiger partial charge >= 0.3 is 0 Å². The molecule has 1 N–H and O–H groups in total. The van der Waals surface area contributed by atoms with E-state index in [1.807, 2.05) is 7.05 Å². The van der Waals surface area contributed by atoms with Crippen LogP contribution in [-0.2, 0) is 37.4 Å². The van der Waals surface area contributed by atoms with Crippen molar-refractivity contribution in [1.29, 1.82) is 0 Å². The van der Waals surface area contributed by atoms with Crippen molar-refractivity contribution >= 4 is 6.21 Å². The number of hydrogen-bond donors (Lipinski definition) is 0. The van der Waals surface area contributed by atoms with Gasteiger partial charge in [0.15, 0.2) is 0 Å². The Hall–Kier alpha value is 0.194. The van der Waals surface area contributed by atoms with Gasteiger partial charge in [0.05, 0.1) is 6.61 Å².